The number of H-pyrrole nitrogens is 2. The van der Waals surface area contributed by atoms with Crippen molar-refractivity contribution in [1.29, 1.82) is 0 Å². The van der Waals surface area contributed by atoms with Gasteiger partial charge in [-0.2, -0.15) is 0 Å². The van der Waals surface area contributed by atoms with E-state index >= 15 is 9.59 Å². The number of rotatable bonds is 11. The molecule has 0 amide bonds. The molecule has 404 valence electrons. The van der Waals surface area contributed by atoms with E-state index in [2.05, 4.69) is 62.8 Å². The van der Waals surface area contributed by atoms with E-state index in [0.717, 1.165) is 75.9 Å². The number of carbonyl (C=O) groups excluding carboxylic acids is 2. The number of anilines is 1. The molecule has 78 heavy (non-hydrogen) atoms. The average Bonchev–Trinajstić information content (AvgIpc) is 4.38. The molecule has 4 aromatic carbocycles. The Morgan fingerprint density at radius 1 is 0.795 bits per heavy atom. The number of carbonyl (C=O) groups is 2. The van der Waals surface area contributed by atoms with Crippen LogP contribution in [0.15, 0.2) is 115 Å². The highest BCUT2D eigenvalue weighted by Gasteiger charge is 2.47. The fraction of sp³-hybridized carbons (Fsp3) is 0.394. The Kier molecular flexibility index (Phi) is 15.6. The van der Waals surface area contributed by atoms with Gasteiger partial charge in [0.2, 0.25) is 0 Å². The molecule has 6 aromatic rings. The van der Waals surface area contributed by atoms with Crippen LogP contribution >= 0.6 is 0 Å². The summed E-state index contributed by atoms with van der Waals surface area (Å²) in [5, 5.41) is 66.8. The van der Waals surface area contributed by atoms with Crippen LogP contribution in [0.2, 0.25) is 0 Å². The number of ether oxygens (including phenoxy) is 1. The Morgan fingerprint density at radius 3 is 2.44 bits per heavy atom. The molecule has 2 aromatic heterocycles. The molecule has 1 fully saturated rings. The van der Waals surface area contributed by atoms with Gasteiger partial charge in [-0.1, -0.05) is 90.7 Å². The molecule has 12 nitrogen and oxygen atoms in total. The van der Waals surface area contributed by atoms with Gasteiger partial charge in [0.1, 0.15) is 23.4 Å². The summed E-state index contributed by atoms with van der Waals surface area (Å²) < 4.78 is 6.57. The molecule has 0 unspecified atom stereocenters. The number of aryl methyl sites for hydroxylation is 3. The predicted molar refractivity (Wildman–Crippen MR) is 304 cm³/mol. The fourth-order valence-corrected chi connectivity index (χ4v) is 13.3. The van der Waals surface area contributed by atoms with Crippen molar-refractivity contribution in [1.82, 2.24) is 15.3 Å². The van der Waals surface area contributed by atoms with Crippen molar-refractivity contribution in [3.8, 4) is 29.1 Å². The number of hydrogen-bond acceptors (Lipinski definition) is 10. The Bertz CT molecular complexity index is 3280. The minimum atomic E-state index is -1.45. The largest absolute Gasteiger partial charge is 0.507 e. The van der Waals surface area contributed by atoms with E-state index in [0.29, 0.717) is 73.3 Å². The van der Waals surface area contributed by atoms with Gasteiger partial charge in [-0.3, -0.25) is 9.59 Å². The number of aliphatic hydroxyl groups is 3. The number of aromatic nitrogens is 2. The number of phenolic OH excluding ortho intramolecular Hbond substituents is 2. The van der Waals surface area contributed by atoms with Crippen molar-refractivity contribution in [3.63, 3.8) is 0 Å². The van der Waals surface area contributed by atoms with Crippen LogP contribution in [-0.2, 0) is 41.7 Å². The van der Waals surface area contributed by atoms with E-state index in [1.165, 1.54) is 0 Å². The second-order valence-electron chi connectivity index (χ2n) is 22.5. The van der Waals surface area contributed by atoms with Gasteiger partial charge in [0.05, 0.1) is 29.6 Å². The summed E-state index contributed by atoms with van der Waals surface area (Å²) in [6, 6.07) is 29.1. The Labute approximate surface area is 457 Å². The highest BCUT2D eigenvalue weighted by molar-refractivity contribution is 6.05. The van der Waals surface area contributed by atoms with Gasteiger partial charge in [0.25, 0.3) is 0 Å². The minimum absolute atomic E-state index is 0.0100. The molecule has 2 aliphatic heterocycles. The highest BCUT2D eigenvalue weighted by atomic mass is 16.5. The molecule has 9 N–H and O–H groups in total. The lowest BCUT2D eigenvalue weighted by atomic mass is 9.65. The second-order valence-corrected chi connectivity index (χ2v) is 22.5. The first-order chi connectivity index (χ1) is 37.9. The quantitative estimate of drug-likeness (QED) is 0.0445. The first-order valence-corrected chi connectivity index (χ1v) is 28.2. The Hall–Kier alpha value is -7.14. The number of Topliss-reactive ketones (excluding diaryl/α,β-unsaturated/α-hetero) is 2. The maximum absolute atomic E-state index is 16.2. The van der Waals surface area contributed by atoms with E-state index in [-0.39, 0.29) is 60.8 Å². The zero-order chi connectivity index (χ0) is 53.9. The van der Waals surface area contributed by atoms with Gasteiger partial charge in [0, 0.05) is 79.4 Å². The van der Waals surface area contributed by atoms with E-state index in [4.69, 9.17) is 4.74 Å². The van der Waals surface area contributed by atoms with Crippen molar-refractivity contribution in [2.24, 2.45) is 17.8 Å². The molecule has 0 spiro atoms. The van der Waals surface area contributed by atoms with Gasteiger partial charge in [-0.25, -0.2) is 0 Å². The van der Waals surface area contributed by atoms with Crippen molar-refractivity contribution in [3.05, 3.63) is 176 Å². The third-order valence-electron chi connectivity index (χ3n) is 17.4. The molecular weight excluding hydrogens is 977 g/mol. The zero-order valence-electron chi connectivity index (χ0n) is 44.4. The lowest BCUT2D eigenvalue weighted by Crippen LogP contribution is -2.43. The number of hydrogen-bond donors (Lipinski definition) is 9. The second kappa shape index (κ2) is 23.1. The van der Waals surface area contributed by atoms with Crippen LogP contribution in [0, 0.1) is 29.6 Å². The van der Waals surface area contributed by atoms with E-state index < -0.39 is 48.0 Å². The summed E-state index contributed by atoms with van der Waals surface area (Å²) in [4.78, 5) is 38.2. The zero-order valence-corrected chi connectivity index (χ0v) is 44.4. The maximum atomic E-state index is 16.2. The summed E-state index contributed by atoms with van der Waals surface area (Å²) in [6.45, 7) is -0.0477. The van der Waals surface area contributed by atoms with E-state index in [1.54, 1.807) is 24.3 Å². The lowest BCUT2D eigenvalue weighted by Gasteiger charge is -2.39. The summed E-state index contributed by atoms with van der Waals surface area (Å²) in [7, 11) is 1.85. The molecule has 1 saturated carbocycles. The van der Waals surface area contributed by atoms with Gasteiger partial charge in [0.15, 0.2) is 17.3 Å². The first kappa shape index (κ1) is 52.9. The highest BCUT2D eigenvalue weighted by Crippen LogP contribution is 2.49. The van der Waals surface area contributed by atoms with Crippen LogP contribution < -0.4 is 15.4 Å². The third kappa shape index (κ3) is 11.1. The number of fused-ring (bicyclic) bond motifs is 8. The number of aromatic hydroxyl groups is 2. The summed E-state index contributed by atoms with van der Waals surface area (Å²) in [5.41, 5.74) is 8.79. The molecule has 3 aliphatic carbocycles. The van der Waals surface area contributed by atoms with Crippen molar-refractivity contribution in [2.45, 2.75) is 126 Å². The van der Waals surface area contributed by atoms with Crippen LogP contribution in [0.5, 0.6) is 17.2 Å². The molecule has 8 atom stereocenters. The summed E-state index contributed by atoms with van der Waals surface area (Å²) in [5.74, 6) is 3.88. The smallest absolute Gasteiger partial charge is 0.161 e. The van der Waals surface area contributed by atoms with Crippen molar-refractivity contribution in [2.75, 3.05) is 25.5 Å². The van der Waals surface area contributed by atoms with Gasteiger partial charge < -0.3 is 50.9 Å². The normalized spacial score (nSPS) is 25.2. The molecule has 0 saturated heterocycles. The maximum Gasteiger partial charge on any atom is 0.161 e. The van der Waals surface area contributed by atoms with Crippen molar-refractivity contribution >= 4 is 29.5 Å². The SMILES string of the molecule is CNC[C@H]1C#C[C@@H]2Nc3[nH]ccc3Cc3cc(ccc3[C@@H](CCc3ccccc3)[C@@H]1O)Cc1cc(cc(OC3CCCC3)c1O)CCC(=O)[C@@H](CCO)C(=O)[C@@H]1C2=Cc2[nH]ccc2[C@H]1C[C@]1(O)C=Cc2c(O)cccc2CC1. The van der Waals surface area contributed by atoms with Gasteiger partial charge in [-0.15, -0.1) is 0 Å². The van der Waals surface area contributed by atoms with E-state index in [9.17, 15) is 25.5 Å². The number of benzene rings is 4. The van der Waals surface area contributed by atoms with Crippen LogP contribution in [0.1, 0.15) is 131 Å². The van der Waals surface area contributed by atoms with Crippen molar-refractivity contribution < 1.29 is 39.9 Å². The minimum Gasteiger partial charge on any atom is -0.507 e. The molecular formula is C66H72N4O8. The molecule has 5 aliphatic rings. The van der Waals surface area contributed by atoms with Crippen LogP contribution in [-0.4, -0.2) is 91.1 Å². The standard InChI is InChI=1S/C66H72N4O8/c1-67-39-45-17-20-56-54-37-57-51(25-30-68-57)55(38-66(77)27-22-43-10-7-13-58(72)50(43)23-28-66)61(54)64(76)53(26-31-71)59(73)21-16-42-34-47(63(75)60(35-42)78-48-11-5-6-12-48)33-41-15-18-49(46(32-41)36-44-24-29-69-65(44)70-56)52(62(45)74)19-14-40-8-3-2-4-9-40/h2-4,7-10,13,15,18,23-25,28-30,32,34-35,37,45,48,52-53,55-56,61-62,67-72,74-75,77H,5-6,11-12,14,16,19,21-22,26-27,31,33,36,38-39H2,1H3/t45-,52-,53-,55-,56+,61-,62-,66-/m1/s1. The number of nitrogens with one attached hydrogen (secondary N) is 4. The van der Waals surface area contributed by atoms with Gasteiger partial charge in [-0.05, 0) is 158 Å². The Balaban J connectivity index is 1.10. The number of aliphatic hydroxyl groups excluding tert-OH is 2. The molecule has 0 radical (unpaired) electrons. The van der Waals surface area contributed by atoms with Crippen LogP contribution in [0.4, 0.5) is 5.82 Å². The van der Waals surface area contributed by atoms with Crippen LogP contribution in [0.25, 0.3) is 12.2 Å². The summed E-state index contributed by atoms with van der Waals surface area (Å²) in [6.07, 6.45) is 15.3. The number of phenols is 2. The molecule has 4 heterocycles. The molecule has 11 rings (SSSR count). The number of aromatic amines is 2. The molecule has 12 heteroatoms. The van der Waals surface area contributed by atoms with Gasteiger partial charge >= 0.3 is 0 Å². The lowest BCUT2D eigenvalue weighted by molar-refractivity contribution is -0.135. The number of ketones is 2. The average molecular weight is 1050 g/mol. The monoisotopic (exact) mass is 1050 g/mol. The fourth-order valence-electron chi connectivity index (χ4n) is 13.3. The third-order valence-corrected chi connectivity index (χ3v) is 17.4. The molecule has 5 bridgehead atoms. The first-order valence-electron chi connectivity index (χ1n) is 28.2. The Morgan fingerprint density at radius 2 is 1.62 bits per heavy atom. The summed E-state index contributed by atoms with van der Waals surface area (Å²) >= 11 is 0. The topological polar surface area (TPSA) is 200 Å². The van der Waals surface area contributed by atoms with E-state index in [1.807, 2.05) is 74.0 Å². The predicted octanol–water partition coefficient (Wildman–Crippen LogP) is 9.63. The van der Waals surface area contributed by atoms with Crippen LogP contribution in [0.3, 0.4) is 0 Å².